The Labute approximate surface area is 172 Å². The lowest BCUT2D eigenvalue weighted by molar-refractivity contribution is -0.168. The summed E-state index contributed by atoms with van der Waals surface area (Å²) in [6, 6.07) is 0. The van der Waals surface area contributed by atoms with E-state index < -0.39 is 27.7 Å². The molecule has 0 aromatic carbocycles. The molecule has 0 aromatic heterocycles. The summed E-state index contributed by atoms with van der Waals surface area (Å²) in [4.78, 5) is 13.1. The zero-order valence-corrected chi connectivity index (χ0v) is 18.2. The highest BCUT2D eigenvalue weighted by molar-refractivity contribution is 7.86. The Bertz CT molecular complexity index is 887. The standard InChI is InChI=1S/C22H30O6S/c1-22(2,3)27-21(23)17-11-8-12(18(17)28-29(4,24)25)16-15(11)19-13-9-5-6-10(7-9)14(13)20(16)26-19/h5-6,9-20H,7-8H2,1-4H3. The van der Waals surface area contributed by atoms with Crippen LogP contribution in [-0.2, 0) is 28.6 Å². The summed E-state index contributed by atoms with van der Waals surface area (Å²) in [5.74, 6) is 2.30. The van der Waals surface area contributed by atoms with Gasteiger partial charge in [-0.05, 0) is 81.0 Å². The van der Waals surface area contributed by atoms with Gasteiger partial charge in [0.25, 0.3) is 10.1 Å². The average Bonchev–Trinajstić information content (AvgIpc) is 3.35. The topological polar surface area (TPSA) is 78.9 Å². The number of rotatable bonds is 3. The van der Waals surface area contributed by atoms with Crippen molar-refractivity contribution < 1.29 is 26.9 Å². The van der Waals surface area contributed by atoms with Crippen LogP contribution in [0.4, 0.5) is 0 Å². The van der Waals surface area contributed by atoms with Gasteiger partial charge in [-0.1, -0.05) is 12.2 Å². The van der Waals surface area contributed by atoms with E-state index in [-0.39, 0.29) is 30.0 Å². The normalized spacial score (nSPS) is 53.5. The zero-order chi connectivity index (χ0) is 20.5. The molecule has 160 valence electrons. The van der Waals surface area contributed by atoms with Crippen molar-refractivity contribution in [1.29, 1.82) is 0 Å². The Hall–Kier alpha value is -0.920. The van der Waals surface area contributed by atoms with Gasteiger partial charge in [0.1, 0.15) is 5.60 Å². The van der Waals surface area contributed by atoms with Crippen LogP contribution in [0.1, 0.15) is 33.6 Å². The third-order valence-corrected chi connectivity index (χ3v) is 9.17. The third-order valence-electron chi connectivity index (χ3n) is 8.59. The highest BCUT2D eigenvalue weighted by atomic mass is 32.2. The van der Waals surface area contributed by atoms with Crippen molar-refractivity contribution in [2.45, 2.75) is 57.5 Å². The molecule has 6 bridgehead atoms. The van der Waals surface area contributed by atoms with E-state index in [4.69, 9.17) is 13.7 Å². The smallest absolute Gasteiger partial charge is 0.312 e. The molecule has 2 saturated heterocycles. The fourth-order valence-corrected chi connectivity index (χ4v) is 8.93. The second-order valence-electron chi connectivity index (χ2n) is 11.2. The SMILES string of the molecule is CC(C)(C)OC(=O)C1C2CC(C1OS(C)(=O)=O)C1C3OC(C4C5C=CC(C5)C34)C21. The molecular weight excluding hydrogens is 392 g/mol. The number of allylic oxidation sites excluding steroid dienone is 2. The van der Waals surface area contributed by atoms with E-state index in [0.717, 1.165) is 12.7 Å². The summed E-state index contributed by atoms with van der Waals surface area (Å²) in [6.07, 6.45) is 7.67. The summed E-state index contributed by atoms with van der Waals surface area (Å²) >= 11 is 0. The quantitative estimate of drug-likeness (QED) is 0.395. The first-order valence-electron chi connectivity index (χ1n) is 11.0. The van der Waals surface area contributed by atoms with Crippen LogP contribution < -0.4 is 0 Å². The predicted octanol–water partition coefficient (Wildman–Crippen LogP) is 2.39. The van der Waals surface area contributed by atoms with E-state index in [1.807, 2.05) is 20.8 Å². The number of ether oxygens (including phenoxy) is 2. The van der Waals surface area contributed by atoms with Gasteiger partial charge in [-0.3, -0.25) is 8.98 Å². The molecule has 3 saturated carbocycles. The first-order chi connectivity index (χ1) is 13.5. The summed E-state index contributed by atoms with van der Waals surface area (Å²) < 4.78 is 41.9. The number of fused-ring (bicyclic) bond motifs is 16. The largest absolute Gasteiger partial charge is 0.460 e. The van der Waals surface area contributed by atoms with Crippen LogP contribution in [0.25, 0.3) is 0 Å². The minimum atomic E-state index is -3.67. The van der Waals surface area contributed by atoms with E-state index in [2.05, 4.69) is 12.2 Å². The van der Waals surface area contributed by atoms with Crippen molar-refractivity contribution >= 4 is 16.1 Å². The van der Waals surface area contributed by atoms with Crippen LogP contribution in [0, 0.1) is 53.3 Å². The number of hydrogen-bond acceptors (Lipinski definition) is 6. The Balaban J connectivity index is 1.35. The van der Waals surface area contributed by atoms with Gasteiger partial charge in [0.2, 0.25) is 0 Å². The highest BCUT2D eigenvalue weighted by Crippen LogP contribution is 2.72. The van der Waals surface area contributed by atoms with Crippen molar-refractivity contribution in [3.8, 4) is 0 Å². The molecule has 0 N–H and O–H groups in total. The molecule has 0 spiro atoms. The second-order valence-corrected chi connectivity index (χ2v) is 12.8. The molecule has 4 aliphatic carbocycles. The van der Waals surface area contributed by atoms with Crippen LogP contribution in [0.15, 0.2) is 12.2 Å². The molecule has 6 rings (SSSR count). The molecule has 6 aliphatic rings. The fraction of sp³-hybridized carbons (Fsp3) is 0.864. The molecule has 2 heterocycles. The molecule has 6 nitrogen and oxygen atoms in total. The van der Waals surface area contributed by atoms with Gasteiger partial charge in [-0.2, -0.15) is 8.42 Å². The lowest BCUT2D eigenvalue weighted by Crippen LogP contribution is -2.52. The first kappa shape index (κ1) is 18.8. The van der Waals surface area contributed by atoms with E-state index in [9.17, 15) is 13.2 Å². The van der Waals surface area contributed by atoms with Gasteiger partial charge in [0.05, 0.1) is 30.5 Å². The van der Waals surface area contributed by atoms with Gasteiger partial charge >= 0.3 is 5.97 Å². The minimum Gasteiger partial charge on any atom is -0.460 e. The maximum atomic E-state index is 13.1. The van der Waals surface area contributed by atoms with Gasteiger partial charge in [-0.25, -0.2) is 0 Å². The summed E-state index contributed by atoms with van der Waals surface area (Å²) in [5, 5.41) is 0. The molecule has 5 fully saturated rings. The molecule has 12 unspecified atom stereocenters. The average molecular weight is 423 g/mol. The molecule has 7 heteroatoms. The van der Waals surface area contributed by atoms with Crippen molar-refractivity contribution in [2.24, 2.45) is 53.3 Å². The number of hydrogen-bond donors (Lipinski definition) is 0. The molecule has 0 aromatic rings. The van der Waals surface area contributed by atoms with E-state index in [1.54, 1.807) is 0 Å². The lowest BCUT2D eigenvalue weighted by Gasteiger charge is -2.45. The van der Waals surface area contributed by atoms with Gasteiger partial charge < -0.3 is 9.47 Å². The molecular formula is C22H30O6S. The summed E-state index contributed by atoms with van der Waals surface area (Å²) in [5.41, 5.74) is -0.611. The highest BCUT2D eigenvalue weighted by Gasteiger charge is 2.75. The second kappa shape index (κ2) is 5.65. The Morgan fingerprint density at radius 3 is 2.10 bits per heavy atom. The van der Waals surface area contributed by atoms with Crippen LogP contribution in [-0.4, -0.2) is 44.6 Å². The monoisotopic (exact) mass is 422 g/mol. The Morgan fingerprint density at radius 2 is 1.55 bits per heavy atom. The van der Waals surface area contributed by atoms with Crippen molar-refractivity contribution in [2.75, 3.05) is 6.26 Å². The van der Waals surface area contributed by atoms with Gasteiger partial charge in [0.15, 0.2) is 0 Å². The van der Waals surface area contributed by atoms with Crippen molar-refractivity contribution in [3.63, 3.8) is 0 Å². The van der Waals surface area contributed by atoms with Crippen LogP contribution in [0.5, 0.6) is 0 Å². The molecule has 0 radical (unpaired) electrons. The zero-order valence-electron chi connectivity index (χ0n) is 17.4. The van der Waals surface area contributed by atoms with Gasteiger partial charge in [-0.15, -0.1) is 0 Å². The summed E-state index contributed by atoms with van der Waals surface area (Å²) in [6.45, 7) is 5.54. The third kappa shape index (κ3) is 2.53. The molecule has 29 heavy (non-hydrogen) atoms. The maximum Gasteiger partial charge on any atom is 0.312 e. The van der Waals surface area contributed by atoms with Crippen LogP contribution in [0.2, 0.25) is 0 Å². The van der Waals surface area contributed by atoms with Crippen molar-refractivity contribution in [3.05, 3.63) is 12.2 Å². The number of carbonyl (C=O) groups excluding carboxylic acids is 1. The molecule has 0 amide bonds. The van der Waals surface area contributed by atoms with Crippen LogP contribution >= 0.6 is 0 Å². The number of carbonyl (C=O) groups is 1. The van der Waals surface area contributed by atoms with Crippen LogP contribution in [0.3, 0.4) is 0 Å². The summed E-state index contributed by atoms with van der Waals surface area (Å²) in [7, 11) is -3.67. The van der Waals surface area contributed by atoms with E-state index in [0.29, 0.717) is 35.5 Å². The first-order valence-corrected chi connectivity index (χ1v) is 12.8. The predicted molar refractivity (Wildman–Crippen MR) is 104 cm³/mol. The number of esters is 1. The Kier molecular flexibility index (Phi) is 3.67. The lowest BCUT2D eigenvalue weighted by atomic mass is 9.59. The Morgan fingerprint density at radius 1 is 0.966 bits per heavy atom. The van der Waals surface area contributed by atoms with Crippen molar-refractivity contribution in [1.82, 2.24) is 0 Å². The fourth-order valence-electron chi connectivity index (χ4n) is 8.27. The molecule has 2 aliphatic heterocycles. The van der Waals surface area contributed by atoms with E-state index >= 15 is 0 Å². The maximum absolute atomic E-state index is 13.1. The molecule has 12 atom stereocenters. The van der Waals surface area contributed by atoms with Gasteiger partial charge in [0, 0.05) is 0 Å². The minimum absolute atomic E-state index is 0.0521. The van der Waals surface area contributed by atoms with E-state index in [1.165, 1.54) is 6.42 Å².